The smallest absolute Gasteiger partial charge is 0.338 e. The van der Waals surface area contributed by atoms with Crippen LogP contribution in [0.5, 0.6) is 0 Å². The largest absolute Gasteiger partial charge is 0.462 e. The summed E-state index contributed by atoms with van der Waals surface area (Å²) < 4.78 is 16.3. The molecule has 0 unspecified atom stereocenters. The van der Waals surface area contributed by atoms with Crippen molar-refractivity contribution in [2.24, 2.45) is 0 Å². The SMILES string of the molecule is CCCCOC(=O)c1cc(I)cc(C(=O)OCCCOCC)c1. The van der Waals surface area contributed by atoms with E-state index in [9.17, 15) is 9.59 Å². The third-order valence-electron chi connectivity index (χ3n) is 2.97. The summed E-state index contributed by atoms with van der Waals surface area (Å²) in [6.07, 6.45) is 2.43. The van der Waals surface area contributed by atoms with Crippen molar-refractivity contribution in [3.63, 3.8) is 0 Å². The van der Waals surface area contributed by atoms with E-state index in [2.05, 4.69) is 22.6 Å². The highest BCUT2D eigenvalue weighted by molar-refractivity contribution is 14.1. The molecule has 0 saturated heterocycles. The lowest BCUT2D eigenvalue weighted by molar-refractivity contribution is 0.0452. The van der Waals surface area contributed by atoms with Gasteiger partial charge in [0.1, 0.15) is 0 Å². The van der Waals surface area contributed by atoms with Crippen LogP contribution in [-0.4, -0.2) is 38.4 Å². The van der Waals surface area contributed by atoms with E-state index in [0.717, 1.165) is 16.4 Å². The van der Waals surface area contributed by atoms with Crippen molar-refractivity contribution in [1.29, 1.82) is 0 Å². The Hall–Kier alpha value is -1.15. The Morgan fingerprint density at radius 2 is 1.48 bits per heavy atom. The van der Waals surface area contributed by atoms with Crippen molar-refractivity contribution in [3.8, 4) is 0 Å². The van der Waals surface area contributed by atoms with Crippen LogP contribution < -0.4 is 0 Å². The van der Waals surface area contributed by atoms with Gasteiger partial charge >= 0.3 is 11.9 Å². The maximum absolute atomic E-state index is 12.0. The first-order chi connectivity index (χ1) is 11.1. The Balaban J connectivity index is 2.61. The molecule has 0 radical (unpaired) electrons. The summed E-state index contributed by atoms with van der Waals surface area (Å²) in [6.45, 7) is 5.83. The van der Waals surface area contributed by atoms with Crippen molar-refractivity contribution in [2.75, 3.05) is 26.4 Å². The minimum absolute atomic E-state index is 0.292. The molecular weight excluding hydrogens is 411 g/mol. The second-order valence-corrected chi connectivity index (χ2v) is 6.15. The quantitative estimate of drug-likeness (QED) is 0.318. The van der Waals surface area contributed by atoms with Crippen molar-refractivity contribution >= 4 is 34.5 Å². The fourth-order valence-corrected chi connectivity index (χ4v) is 2.44. The molecule has 6 heteroatoms. The third kappa shape index (κ3) is 7.78. The summed E-state index contributed by atoms with van der Waals surface area (Å²) in [5, 5.41) is 0. The minimum atomic E-state index is -0.442. The van der Waals surface area contributed by atoms with Crippen LogP contribution in [0, 0.1) is 3.57 Å². The number of rotatable bonds is 10. The van der Waals surface area contributed by atoms with Crippen LogP contribution in [0.15, 0.2) is 18.2 Å². The topological polar surface area (TPSA) is 61.8 Å². The average Bonchev–Trinajstić information content (AvgIpc) is 2.54. The molecule has 5 nitrogen and oxygen atoms in total. The molecule has 0 aliphatic heterocycles. The number of esters is 2. The van der Waals surface area contributed by atoms with Gasteiger partial charge < -0.3 is 14.2 Å². The van der Waals surface area contributed by atoms with Gasteiger partial charge in [-0.25, -0.2) is 9.59 Å². The molecule has 0 bridgehead atoms. The van der Waals surface area contributed by atoms with Crippen molar-refractivity contribution < 1.29 is 23.8 Å². The van der Waals surface area contributed by atoms with Gasteiger partial charge in [0.25, 0.3) is 0 Å². The highest BCUT2D eigenvalue weighted by atomic mass is 127. The van der Waals surface area contributed by atoms with Gasteiger partial charge in [0, 0.05) is 23.2 Å². The summed E-state index contributed by atoms with van der Waals surface area (Å²) >= 11 is 2.06. The molecule has 23 heavy (non-hydrogen) atoms. The van der Waals surface area contributed by atoms with Crippen LogP contribution in [0.4, 0.5) is 0 Å². The number of benzene rings is 1. The van der Waals surface area contributed by atoms with Crippen molar-refractivity contribution in [2.45, 2.75) is 33.1 Å². The zero-order chi connectivity index (χ0) is 17.1. The van der Waals surface area contributed by atoms with Gasteiger partial charge in [0.05, 0.1) is 24.3 Å². The number of ether oxygens (including phenoxy) is 3. The number of unbranched alkanes of at least 4 members (excludes halogenated alkanes) is 1. The highest BCUT2D eigenvalue weighted by Gasteiger charge is 2.14. The highest BCUT2D eigenvalue weighted by Crippen LogP contribution is 2.15. The van der Waals surface area contributed by atoms with Crippen LogP contribution in [0.3, 0.4) is 0 Å². The molecule has 0 fully saturated rings. The predicted molar refractivity (Wildman–Crippen MR) is 95.7 cm³/mol. The number of carbonyl (C=O) groups is 2. The van der Waals surface area contributed by atoms with Crippen LogP contribution >= 0.6 is 22.6 Å². The Morgan fingerprint density at radius 3 is 2.00 bits per heavy atom. The monoisotopic (exact) mass is 434 g/mol. The molecule has 128 valence electrons. The zero-order valence-corrected chi connectivity index (χ0v) is 15.8. The van der Waals surface area contributed by atoms with E-state index < -0.39 is 11.9 Å². The average molecular weight is 434 g/mol. The number of carbonyl (C=O) groups excluding carboxylic acids is 2. The first-order valence-corrected chi connectivity index (χ1v) is 8.89. The second kappa shape index (κ2) is 11.4. The summed E-state index contributed by atoms with van der Waals surface area (Å²) in [6, 6.07) is 4.90. The first kappa shape index (κ1) is 19.9. The van der Waals surface area contributed by atoms with E-state index in [0.29, 0.717) is 44.0 Å². The lowest BCUT2D eigenvalue weighted by Crippen LogP contribution is -2.11. The molecule has 1 aromatic rings. The molecule has 0 aliphatic rings. The predicted octanol–water partition coefficient (Wildman–Crippen LogP) is 3.83. The van der Waals surface area contributed by atoms with E-state index in [1.54, 1.807) is 12.1 Å². The number of hydrogen-bond donors (Lipinski definition) is 0. The van der Waals surface area contributed by atoms with Gasteiger partial charge in [-0.3, -0.25) is 0 Å². The van der Waals surface area contributed by atoms with Gasteiger partial charge in [-0.2, -0.15) is 0 Å². The molecule has 0 aromatic heterocycles. The van der Waals surface area contributed by atoms with Gasteiger partial charge in [-0.15, -0.1) is 0 Å². The molecule has 0 amide bonds. The van der Waals surface area contributed by atoms with Crippen LogP contribution in [0.25, 0.3) is 0 Å². The zero-order valence-electron chi connectivity index (χ0n) is 13.6. The van der Waals surface area contributed by atoms with Crippen LogP contribution in [0.1, 0.15) is 53.8 Å². The molecule has 0 heterocycles. The van der Waals surface area contributed by atoms with Gasteiger partial charge in [0.2, 0.25) is 0 Å². The molecule has 0 aliphatic carbocycles. The van der Waals surface area contributed by atoms with E-state index in [1.807, 2.05) is 13.8 Å². The Labute approximate surface area is 150 Å². The van der Waals surface area contributed by atoms with Crippen molar-refractivity contribution in [1.82, 2.24) is 0 Å². The maximum Gasteiger partial charge on any atom is 0.338 e. The molecule has 0 spiro atoms. The van der Waals surface area contributed by atoms with Crippen LogP contribution in [0.2, 0.25) is 0 Å². The summed E-state index contributed by atoms with van der Waals surface area (Å²) in [4.78, 5) is 24.0. The third-order valence-corrected chi connectivity index (χ3v) is 3.59. The van der Waals surface area contributed by atoms with E-state index in [1.165, 1.54) is 6.07 Å². The second-order valence-electron chi connectivity index (χ2n) is 4.90. The van der Waals surface area contributed by atoms with Gasteiger partial charge in [-0.1, -0.05) is 13.3 Å². The Kier molecular flexibility index (Phi) is 9.86. The summed E-state index contributed by atoms with van der Waals surface area (Å²) in [7, 11) is 0. The fraction of sp³-hybridized carbons (Fsp3) is 0.529. The number of hydrogen-bond acceptors (Lipinski definition) is 5. The molecule has 1 rings (SSSR count). The summed E-state index contributed by atoms with van der Waals surface area (Å²) in [5.41, 5.74) is 0.727. The van der Waals surface area contributed by atoms with Crippen molar-refractivity contribution in [3.05, 3.63) is 32.9 Å². The normalized spacial score (nSPS) is 10.4. The molecule has 0 atom stereocenters. The molecule has 1 aromatic carbocycles. The lowest BCUT2D eigenvalue weighted by Gasteiger charge is -2.08. The lowest BCUT2D eigenvalue weighted by atomic mass is 10.1. The Morgan fingerprint density at radius 1 is 0.913 bits per heavy atom. The number of halogens is 1. The maximum atomic E-state index is 12.0. The first-order valence-electron chi connectivity index (χ1n) is 7.81. The van der Waals surface area contributed by atoms with E-state index >= 15 is 0 Å². The standard InChI is InChI=1S/C17H23IO5/c1-3-5-8-22-16(19)13-10-14(12-15(18)11-13)17(20)23-9-6-7-21-4-2/h10-12H,3-9H2,1-2H3. The van der Waals surface area contributed by atoms with E-state index in [4.69, 9.17) is 14.2 Å². The van der Waals surface area contributed by atoms with Gasteiger partial charge in [0.15, 0.2) is 0 Å². The molecular formula is C17H23IO5. The Bertz CT molecular complexity index is 516. The van der Waals surface area contributed by atoms with Gasteiger partial charge in [-0.05, 0) is 54.1 Å². The fourth-order valence-electron chi connectivity index (χ4n) is 1.77. The molecule has 0 N–H and O–H groups in total. The summed E-state index contributed by atoms with van der Waals surface area (Å²) in [5.74, 6) is -0.856. The molecule has 0 saturated carbocycles. The van der Waals surface area contributed by atoms with Crippen LogP contribution in [-0.2, 0) is 14.2 Å². The minimum Gasteiger partial charge on any atom is -0.462 e. The van der Waals surface area contributed by atoms with E-state index in [-0.39, 0.29) is 0 Å².